The summed E-state index contributed by atoms with van der Waals surface area (Å²) in [4.78, 5) is 11.8. The number of rotatable bonds is 5. The second kappa shape index (κ2) is 8.16. The summed E-state index contributed by atoms with van der Waals surface area (Å²) in [5, 5.41) is 25.6. The number of anilines is 1. The Kier molecular flexibility index (Phi) is 6.22. The standard InChI is InChI=1S/C16H15Br2N3O3/c1-9-13(17)4-11(5-14(9)18)19-8-16(24)21-20-7-10-2-3-12(22)6-15(10)23/h2-7,19,22-23H,8H2,1H3,(H,21,24)/b20-7+. The number of hydrazone groups is 1. The Morgan fingerprint density at radius 1 is 1.21 bits per heavy atom. The minimum atomic E-state index is -0.336. The zero-order valence-electron chi connectivity index (χ0n) is 12.7. The van der Waals surface area contributed by atoms with E-state index in [0.29, 0.717) is 5.56 Å². The average molecular weight is 457 g/mol. The Bertz CT molecular complexity index is 771. The molecule has 0 saturated carbocycles. The molecule has 0 heterocycles. The van der Waals surface area contributed by atoms with Gasteiger partial charge in [0, 0.05) is 26.3 Å². The van der Waals surface area contributed by atoms with E-state index in [4.69, 9.17) is 0 Å². The first-order chi connectivity index (χ1) is 11.4. The van der Waals surface area contributed by atoms with Crippen molar-refractivity contribution >= 4 is 49.7 Å². The molecule has 126 valence electrons. The van der Waals surface area contributed by atoms with Gasteiger partial charge in [-0.2, -0.15) is 5.10 Å². The highest BCUT2D eigenvalue weighted by Crippen LogP contribution is 2.28. The summed E-state index contributed by atoms with van der Waals surface area (Å²) in [6.45, 7) is 2.01. The van der Waals surface area contributed by atoms with Crippen LogP contribution in [0, 0.1) is 6.92 Å². The third kappa shape index (κ3) is 4.97. The molecule has 0 unspecified atom stereocenters. The van der Waals surface area contributed by atoms with E-state index in [1.165, 1.54) is 24.4 Å². The lowest BCUT2D eigenvalue weighted by atomic mass is 10.2. The Labute approximate surface area is 155 Å². The van der Waals surface area contributed by atoms with Gasteiger partial charge in [-0.15, -0.1) is 0 Å². The van der Waals surface area contributed by atoms with Crippen LogP contribution in [0.4, 0.5) is 5.69 Å². The zero-order chi connectivity index (χ0) is 17.7. The molecule has 1 amide bonds. The molecule has 0 atom stereocenters. The van der Waals surface area contributed by atoms with Gasteiger partial charge in [-0.25, -0.2) is 5.43 Å². The fourth-order valence-corrected chi connectivity index (χ4v) is 2.97. The van der Waals surface area contributed by atoms with Crippen LogP contribution in [0.3, 0.4) is 0 Å². The molecule has 8 heteroatoms. The van der Waals surface area contributed by atoms with Gasteiger partial charge in [-0.05, 0) is 36.8 Å². The van der Waals surface area contributed by atoms with Crippen molar-refractivity contribution in [2.45, 2.75) is 6.92 Å². The largest absolute Gasteiger partial charge is 0.508 e. The van der Waals surface area contributed by atoms with Crippen LogP contribution >= 0.6 is 31.9 Å². The highest BCUT2D eigenvalue weighted by Gasteiger charge is 2.05. The Hall–Kier alpha value is -2.06. The van der Waals surface area contributed by atoms with E-state index in [1.807, 2.05) is 19.1 Å². The van der Waals surface area contributed by atoms with Gasteiger partial charge in [0.25, 0.3) is 5.91 Å². The molecule has 0 aliphatic rings. The van der Waals surface area contributed by atoms with Crippen molar-refractivity contribution in [1.29, 1.82) is 0 Å². The smallest absolute Gasteiger partial charge is 0.259 e. The molecule has 2 aromatic carbocycles. The first-order valence-electron chi connectivity index (χ1n) is 6.90. The van der Waals surface area contributed by atoms with Gasteiger partial charge in [-0.1, -0.05) is 31.9 Å². The quantitative estimate of drug-likeness (QED) is 0.409. The summed E-state index contributed by atoms with van der Waals surface area (Å²) in [5.74, 6) is -0.508. The van der Waals surface area contributed by atoms with Crippen LogP contribution in [-0.2, 0) is 4.79 Å². The van der Waals surface area contributed by atoms with Gasteiger partial charge in [0.1, 0.15) is 11.5 Å². The topological polar surface area (TPSA) is 94.0 Å². The van der Waals surface area contributed by atoms with Crippen LogP contribution in [0.15, 0.2) is 44.4 Å². The molecule has 0 spiro atoms. The highest BCUT2D eigenvalue weighted by molar-refractivity contribution is 9.11. The Balaban J connectivity index is 1.88. The third-order valence-electron chi connectivity index (χ3n) is 3.14. The number of amides is 1. The molecule has 4 N–H and O–H groups in total. The van der Waals surface area contributed by atoms with Crippen LogP contribution in [-0.4, -0.2) is 28.9 Å². The molecule has 0 saturated heterocycles. The van der Waals surface area contributed by atoms with Crippen LogP contribution in [0.25, 0.3) is 0 Å². The van der Waals surface area contributed by atoms with E-state index in [1.54, 1.807) is 0 Å². The van der Waals surface area contributed by atoms with Crippen molar-refractivity contribution in [3.05, 3.63) is 50.4 Å². The van der Waals surface area contributed by atoms with Crippen LogP contribution in [0.2, 0.25) is 0 Å². The monoisotopic (exact) mass is 455 g/mol. The number of hydrogen-bond acceptors (Lipinski definition) is 5. The molecule has 0 aromatic heterocycles. The van der Waals surface area contributed by atoms with Crippen molar-refractivity contribution < 1.29 is 15.0 Å². The minimum Gasteiger partial charge on any atom is -0.508 e. The summed E-state index contributed by atoms with van der Waals surface area (Å²) in [7, 11) is 0. The number of carbonyl (C=O) groups is 1. The van der Waals surface area contributed by atoms with Crippen molar-refractivity contribution in [2.24, 2.45) is 5.10 Å². The number of aromatic hydroxyl groups is 2. The minimum absolute atomic E-state index is 0.0425. The lowest BCUT2D eigenvalue weighted by molar-refractivity contribution is -0.119. The van der Waals surface area contributed by atoms with E-state index < -0.39 is 0 Å². The molecular formula is C16H15Br2N3O3. The highest BCUT2D eigenvalue weighted by atomic mass is 79.9. The average Bonchev–Trinajstić information content (AvgIpc) is 2.52. The van der Waals surface area contributed by atoms with Gasteiger partial charge in [0.15, 0.2) is 0 Å². The van der Waals surface area contributed by atoms with Crippen LogP contribution in [0.5, 0.6) is 11.5 Å². The van der Waals surface area contributed by atoms with Crippen molar-refractivity contribution in [1.82, 2.24) is 5.43 Å². The van der Waals surface area contributed by atoms with Gasteiger partial charge >= 0.3 is 0 Å². The fourth-order valence-electron chi connectivity index (χ4n) is 1.78. The number of nitrogens with one attached hydrogen (secondary N) is 2. The molecule has 0 bridgehead atoms. The lowest BCUT2D eigenvalue weighted by Crippen LogP contribution is -2.25. The predicted octanol–water partition coefficient (Wildman–Crippen LogP) is 3.49. The van der Waals surface area contributed by atoms with Crippen molar-refractivity contribution in [3.8, 4) is 11.5 Å². The van der Waals surface area contributed by atoms with E-state index in [-0.39, 0.29) is 24.0 Å². The molecule has 0 fully saturated rings. The summed E-state index contributed by atoms with van der Waals surface area (Å²) < 4.78 is 1.86. The number of hydrogen-bond donors (Lipinski definition) is 4. The van der Waals surface area contributed by atoms with E-state index >= 15 is 0 Å². The maximum absolute atomic E-state index is 11.8. The summed E-state index contributed by atoms with van der Waals surface area (Å²) >= 11 is 6.90. The normalized spacial score (nSPS) is 10.8. The molecular weight excluding hydrogens is 442 g/mol. The second-order valence-corrected chi connectivity index (χ2v) is 6.66. The number of phenolic OH excluding ortho intramolecular Hbond substituents is 2. The predicted molar refractivity (Wildman–Crippen MR) is 101 cm³/mol. The Morgan fingerprint density at radius 2 is 1.88 bits per heavy atom. The molecule has 0 aliphatic carbocycles. The maximum Gasteiger partial charge on any atom is 0.259 e. The molecule has 0 aliphatic heterocycles. The summed E-state index contributed by atoms with van der Waals surface area (Å²) in [6, 6.07) is 7.85. The molecule has 2 rings (SSSR count). The second-order valence-electron chi connectivity index (χ2n) is 4.95. The van der Waals surface area contributed by atoms with Gasteiger partial charge < -0.3 is 15.5 Å². The molecule has 0 radical (unpaired) electrons. The number of carbonyl (C=O) groups excluding carboxylic acids is 1. The Morgan fingerprint density at radius 3 is 2.50 bits per heavy atom. The van der Waals surface area contributed by atoms with Gasteiger partial charge in [-0.3, -0.25) is 4.79 Å². The number of benzene rings is 2. The SMILES string of the molecule is Cc1c(Br)cc(NCC(=O)N/N=C/c2ccc(O)cc2O)cc1Br. The number of phenols is 2. The zero-order valence-corrected chi connectivity index (χ0v) is 15.8. The molecule has 6 nitrogen and oxygen atoms in total. The van der Waals surface area contributed by atoms with Crippen molar-refractivity contribution in [3.63, 3.8) is 0 Å². The fraction of sp³-hybridized carbons (Fsp3) is 0.125. The number of halogens is 2. The molecule has 2 aromatic rings. The first-order valence-corrected chi connectivity index (χ1v) is 8.49. The number of nitrogens with zero attached hydrogens (tertiary/aromatic N) is 1. The first kappa shape index (κ1) is 18.3. The molecule has 24 heavy (non-hydrogen) atoms. The van der Waals surface area contributed by atoms with E-state index in [2.05, 4.69) is 47.7 Å². The summed E-state index contributed by atoms with van der Waals surface area (Å²) in [6.07, 6.45) is 1.30. The summed E-state index contributed by atoms with van der Waals surface area (Å²) in [5.41, 5.74) is 4.60. The van der Waals surface area contributed by atoms with Crippen molar-refractivity contribution in [2.75, 3.05) is 11.9 Å². The van der Waals surface area contributed by atoms with E-state index in [9.17, 15) is 15.0 Å². The maximum atomic E-state index is 11.8. The lowest BCUT2D eigenvalue weighted by Gasteiger charge is -2.09. The van der Waals surface area contributed by atoms with Crippen LogP contribution < -0.4 is 10.7 Å². The van der Waals surface area contributed by atoms with E-state index in [0.717, 1.165) is 20.2 Å². The third-order valence-corrected chi connectivity index (χ3v) is 4.79. The van der Waals surface area contributed by atoms with Gasteiger partial charge in [0.05, 0.1) is 12.8 Å². The van der Waals surface area contributed by atoms with Crippen LogP contribution in [0.1, 0.15) is 11.1 Å². The van der Waals surface area contributed by atoms with Gasteiger partial charge in [0.2, 0.25) is 0 Å².